The van der Waals surface area contributed by atoms with E-state index in [1.807, 2.05) is 6.92 Å². The van der Waals surface area contributed by atoms with Gasteiger partial charge in [-0.3, -0.25) is 14.4 Å². The zero-order valence-corrected chi connectivity index (χ0v) is 17.1. The van der Waals surface area contributed by atoms with Crippen molar-refractivity contribution in [3.63, 3.8) is 0 Å². The van der Waals surface area contributed by atoms with Crippen molar-refractivity contribution < 1.29 is 14.4 Å². The first-order chi connectivity index (χ1) is 14.0. The van der Waals surface area contributed by atoms with Crippen LogP contribution >= 0.6 is 22.9 Å². The number of hydrogen-bond acceptors (Lipinski definition) is 4. The largest absolute Gasteiger partial charge is 0.352 e. The Morgan fingerprint density at radius 3 is 2.41 bits per heavy atom. The quantitative estimate of drug-likeness (QED) is 0.534. The van der Waals surface area contributed by atoms with Gasteiger partial charge in [-0.1, -0.05) is 23.7 Å². The van der Waals surface area contributed by atoms with Gasteiger partial charge in [0.2, 0.25) is 0 Å². The minimum atomic E-state index is -0.388. The molecule has 3 N–H and O–H groups in total. The number of thiophene rings is 1. The molecule has 3 rings (SSSR count). The number of halogens is 1. The van der Waals surface area contributed by atoms with E-state index in [4.69, 9.17) is 11.6 Å². The van der Waals surface area contributed by atoms with Crippen LogP contribution in [0.15, 0.2) is 60.0 Å². The molecule has 2 aromatic carbocycles. The number of carbonyl (C=O) groups is 3. The summed E-state index contributed by atoms with van der Waals surface area (Å²) in [5.74, 6) is -0.899. The Hall–Kier alpha value is -3.16. The summed E-state index contributed by atoms with van der Waals surface area (Å²) >= 11 is 7.47. The predicted octanol–water partition coefficient (Wildman–Crippen LogP) is 4.66. The minimum Gasteiger partial charge on any atom is -0.352 e. The van der Waals surface area contributed by atoms with E-state index < -0.39 is 0 Å². The van der Waals surface area contributed by atoms with E-state index >= 15 is 0 Å². The van der Waals surface area contributed by atoms with Gasteiger partial charge in [-0.15, -0.1) is 11.3 Å². The van der Waals surface area contributed by atoms with Gasteiger partial charge < -0.3 is 16.0 Å². The average Bonchev–Trinajstić information content (AvgIpc) is 3.25. The van der Waals surface area contributed by atoms with E-state index in [9.17, 15) is 14.4 Å². The van der Waals surface area contributed by atoms with Crippen LogP contribution in [0.1, 0.15) is 37.3 Å². The highest BCUT2D eigenvalue weighted by atomic mass is 35.5. The van der Waals surface area contributed by atoms with Crippen molar-refractivity contribution in [1.29, 1.82) is 0 Å². The first kappa shape index (κ1) is 20.6. The third-order valence-corrected chi connectivity index (χ3v) is 5.14. The van der Waals surface area contributed by atoms with E-state index in [0.29, 0.717) is 38.9 Å². The van der Waals surface area contributed by atoms with E-state index in [1.54, 1.807) is 53.9 Å². The second-order valence-corrected chi connectivity index (χ2v) is 7.38. The highest BCUT2D eigenvalue weighted by Gasteiger charge is 2.14. The lowest BCUT2D eigenvalue weighted by atomic mass is 10.1. The molecule has 8 heteroatoms. The molecule has 0 bridgehead atoms. The van der Waals surface area contributed by atoms with Crippen molar-refractivity contribution in [2.24, 2.45) is 0 Å². The van der Waals surface area contributed by atoms with Crippen molar-refractivity contribution in [3.8, 4) is 0 Å². The summed E-state index contributed by atoms with van der Waals surface area (Å²) in [5.41, 5.74) is 1.59. The van der Waals surface area contributed by atoms with Crippen LogP contribution in [0.25, 0.3) is 0 Å². The number of anilines is 2. The summed E-state index contributed by atoms with van der Waals surface area (Å²) in [4.78, 5) is 37.4. The summed E-state index contributed by atoms with van der Waals surface area (Å²) in [6, 6.07) is 14.7. The zero-order chi connectivity index (χ0) is 20.8. The molecule has 0 radical (unpaired) electrons. The maximum absolute atomic E-state index is 12.6. The van der Waals surface area contributed by atoms with Crippen LogP contribution in [0.5, 0.6) is 0 Å². The summed E-state index contributed by atoms with van der Waals surface area (Å²) < 4.78 is 0. The average molecular weight is 428 g/mol. The maximum atomic E-state index is 12.6. The molecule has 0 aliphatic heterocycles. The van der Waals surface area contributed by atoms with Gasteiger partial charge in [0.05, 0.1) is 15.6 Å². The number of benzene rings is 2. The van der Waals surface area contributed by atoms with Gasteiger partial charge in [0.25, 0.3) is 17.7 Å². The summed E-state index contributed by atoms with van der Waals surface area (Å²) in [5, 5.41) is 10.3. The second kappa shape index (κ2) is 9.36. The predicted molar refractivity (Wildman–Crippen MR) is 116 cm³/mol. The van der Waals surface area contributed by atoms with Crippen molar-refractivity contribution in [2.75, 3.05) is 17.2 Å². The van der Waals surface area contributed by atoms with Gasteiger partial charge >= 0.3 is 0 Å². The topological polar surface area (TPSA) is 87.3 Å². The van der Waals surface area contributed by atoms with Gasteiger partial charge in [-0.2, -0.15) is 0 Å². The molecule has 0 spiro atoms. The van der Waals surface area contributed by atoms with Crippen LogP contribution in [0.4, 0.5) is 11.4 Å². The lowest BCUT2D eigenvalue weighted by molar-refractivity contribution is 0.0953. The van der Waals surface area contributed by atoms with Crippen LogP contribution in [0.3, 0.4) is 0 Å². The van der Waals surface area contributed by atoms with Crippen molar-refractivity contribution in [2.45, 2.75) is 6.92 Å². The SMILES string of the molecule is CCNC(=O)c1cccc(NC(=O)c2ccc(Cl)c(NC(=O)c3cccs3)c2)c1. The van der Waals surface area contributed by atoms with Crippen LogP contribution < -0.4 is 16.0 Å². The first-order valence-corrected chi connectivity index (χ1v) is 10.1. The number of carbonyl (C=O) groups excluding carboxylic acids is 3. The smallest absolute Gasteiger partial charge is 0.265 e. The van der Waals surface area contributed by atoms with Crippen LogP contribution in [0.2, 0.25) is 5.02 Å². The van der Waals surface area contributed by atoms with Gasteiger partial charge in [0.1, 0.15) is 0 Å². The molecule has 0 fully saturated rings. The molecule has 3 amide bonds. The number of nitrogens with one attached hydrogen (secondary N) is 3. The molecule has 0 aliphatic carbocycles. The minimum absolute atomic E-state index is 0.214. The number of hydrogen-bond donors (Lipinski definition) is 3. The molecule has 148 valence electrons. The van der Waals surface area contributed by atoms with Crippen molar-refractivity contribution >= 4 is 52.0 Å². The number of rotatable bonds is 6. The van der Waals surface area contributed by atoms with E-state index in [0.717, 1.165) is 0 Å². The Balaban J connectivity index is 1.75. The third-order valence-electron chi connectivity index (χ3n) is 3.94. The van der Waals surface area contributed by atoms with Gasteiger partial charge in [0.15, 0.2) is 0 Å². The Kier molecular flexibility index (Phi) is 6.64. The normalized spacial score (nSPS) is 10.3. The fourth-order valence-corrected chi connectivity index (χ4v) is 3.34. The standard InChI is InChI=1S/C21H18ClN3O3S/c1-2-23-19(26)13-5-3-6-15(11-13)24-20(27)14-8-9-16(22)17(12-14)25-21(28)18-7-4-10-29-18/h3-12H,2H2,1H3,(H,23,26)(H,24,27)(H,25,28). The van der Waals surface area contributed by atoms with E-state index in [2.05, 4.69) is 16.0 Å². The molecule has 0 saturated carbocycles. The Bertz CT molecular complexity index is 1050. The third kappa shape index (κ3) is 5.22. The summed E-state index contributed by atoms with van der Waals surface area (Å²) in [6.45, 7) is 2.35. The van der Waals surface area contributed by atoms with Gasteiger partial charge in [-0.05, 0) is 54.8 Å². The van der Waals surface area contributed by atoms with Crippen LogP contribution in [-0.4, -0.2) is 24.3 Å². The lowest BCUT2D eigenvalue weighted by Gasteiger charge is -2.10. The maximum Gasteiger partial charge on any atom is 0.265 e. The first-order valence-electron chi connectivity index (χ1n) is 8.82. The summed E-state index contributed by atoms with van der Waals surface area (Å²) in [7, 11) is 0. The lowest BCUT2D eigenvalue weighted by Crippen LogP contribution is -2.22. The second-order valence-electron chi connectivity index (χ2n) is 6.02. The molecule has 6 nitrogen and oxygen atoms in total. The Morgan fingerprint density at radius 1 is 0.897 bits per heavy atom. The zero-order valence-electron chi connectivity index (χ0n) is 15.5. The number of amides is 3. The van der Waals surface area contributed by atoms with Gasteiger partial charge in [-0.25, -0.2) is 0 Å². The molecule has 3 aromatic rings. The molecule has 0 atom stereocenters. The van der Waals surface area contributed by atoms with Crippen LogP contribution in [-0.2, 0) is 0 Å². The Morgan fingerprint density at radius 2 is 1.69 bits per heavy atom. The van der Waals surface area contributed by atoms with Crippen molar-refractivity contribution in [1.82, 2.24) is 5.32 Å². The molecule has 1 aromatic heterocycles. The van der Waals surface area contributed by atoms with Crippen LogP contribution in [0, 0.1) is 0 Å². The highest BCUT2D eigenvalue weighted by molar-refractivity contribution is 7.12. The van der Waals surface area contributed by atoms with E-state index in [1.165, 1.54) is 17.4 Å². The molecule has 29 heavy (non-hydrogen) atoms. The van der Waals surface area contributed by atoms with Gasteiger partial charge in [0, 0.05) is 23.4 Å². The molecular weight excluding hydrogens is 410 g/mol. The monoisotopic (exact) mass is 427 g/mol. The molecular formula is C21H18ClN3O3S. The highest BCUT2D eigenvalue weighted by Crippen LogP contribution is 2.25. The molecule has 0 aliphatic rings. The summed E-state index contributed by atoms with van der Waals surface area (Å²) in [6.07, 6.45) is 0. The van der Waals surface area contributed by atoms with E-state index in [-0.39, 0.29) is 17.7 Å². The molecule has 1 heterocycles. The fourth-order valence-electron chi connectivity index (χ4n) is 2.56. The molecule has 0 saturated heterocycles. The molecule has 0 unspecified atom stereocenters. The fraction of sp³-hybridized carbons (Fsp3) is 0.0952. The Labute approximate surface area is 176 Å². The van der Waals surface area contributed by atoms with Crippen molar-refractivity contribution in [3.05, 3.63) is 81.0 Å².